The SMILES string of the molecule is CNCC1CSc2cc(C(C)(C)C)ccc2N1. The molecule has 1 aliphatic heterocycles. The normalized spacial score (nSPS) is 19.6. The Kier molecular flexibility index (Phi) is 3.69. The molecule has 94 valence electrons. The molecule has 1 aromatic rings. The Hall–Kier alpha value is -0.670. The van der Waals surface area contributed by atoms with Crippen molar-refractivity contribution >= 4 is 17.4 Å². The van der Waals surface area contributed by atoms with Gasteiger partial charge in [-0.05, 0) is 30.2 Å². The van der Waals surface area contributed by atoms with Crippen molar-refractivity contribution in [2.75, 3.05) is 24.7 Å². The third-order valence-electron chi connectivity index (χ3n) is 3.10. The number of hydrogen-bond donors (Lipinski definition) is 2. The highest BCUT2D eigenvalue weighted by molar-refractivity contribution is 7.99. The Bertz CT molecular complexity index is 396. The van der Waals surface area contributed by atoms with Crippen LogP contribution in [0.2, 0.25) is 0 Å². The predicted molar refractivity (Wildman–Crippen MR) is 77.2 cm³/mol. The molecule has 0 saturated carbocycles. The molecule has 1 unspecified atom stereocenters. The van der Waals surface area contributed by atoms with E-state index in [-0.39, 0.29) is 5.41 Å². The van der Waals surface area contributed by atoms with Gasteiger partial charge in [0.1, 0.15) is 0 Å². The van der Waals surface area contributed by atoms with Gasteiger partial charge in [0.15, 0.2) is 0 Å². The van der Waals surface area contributed by atoms with E-state index in [9.17, 15) is 0 Å². The molecule has 0 amide bonds. The van der Waals surface area contributed by atoms with Crippen LogP contribution in [0.3, 0.4) is 0 Å². The summed E-state index contributed by atoms with van der Waals surface area (Å²) < 4.78 is 0. The summed E-state index contributed by atoms with van der Waals surface area (Å²) in [5.41, 5.74) is 2.93. The number of fused-ring (bicyclic) bond motifs is 1. The predicted octanol–water partition coefficient (Wildman–Crippen LogP) is 3.09. The van der Waals surface area contributed by atoms with E-state index in [4.69, 9.17) is 0 Å². The van der Waals surface area contributed by atoms with E-state index in [0.29, 0.717) is 6.04 Å². The van der Waals surface area contributed by atoms with Crippen molar-refractivity contribution in [3.05, 3.63) is 23.8 Å². The zero-order chi connectivity index (χ0) is 12.5. The van der Waals surface area contributed by atoms with Crippen LogP contribution in [0.5, 0.6) is 0 Å². The van der Waals surface area contributed by atoms with Gasteiger partial charge in [0.05, 0.1) is 0 Å². The van der Waals surface area contributed by atoms with Gasteiger partial charge in [-0.25, -0.2) is 0 Å². The van der Waals surface area contributed by atoms with Crippen molar-refractivity contribution < 1.29 is 0 Å². The Morgan fingerprint density at radius 1 is 1.41 bits per heavy atom. The molecule has 17 heavy (non-hydrogen) atoms. The molecule has 2 nitrogen and oxygen atoms in total. The summed E-state index contributed by atoms with van der Waals surface area (Å²) in [5.74, 6) is 1.14. The van der Waals surface area contributed by atoms with Crippen molar-refractivity contribution in [1.82, 2.24) is 5.32 Å². The molecule has 2 rings (SSSR count). The first-order valence-corrected chi connectivity index (χ1v) is 7.18. The molecule has 1 heterocycles. The highest BCUT2D eigenvalue weighted by Crippen LogP contribution is 2.36. The monoisotopic (exact) mass is 250 g/mol. The van der Waals surface area contributed by atoms with E-state index >= 15 is 0 Å². The molecular formula is C14H22N2S. The lowest BCUT2D eigenvalue weighted by atomic mass is 9.87. The maximum absolute atomic E-state index is 3.59. The van der Waals surface area contributed by atoms with E-state index in [0.717, 1.165) is 12.3 Å². The average molecular weight is 250 g/mol. The molecule has 3 heteroatoms. The summed E-state index contributed by atoms with van der Waals surface area (Å²) >= 11 is 1.96. The van der Waals surface area contributed by atoms with E-state index in [1.165, 1.54) is 16.1 Å². The van der Waals surface area contributed by atoms with Crippen LogP contribution in [0, 0.1) is 0 Å². The summed E-state index contributed by atoms with van der Waals surface area (Å²) in [7, 11) is 2.00. The number of benzene rings is 1. The molecule has 0 bridgehead atoms. The number of rotatable bonds is 2. The van der Waals surface area contributed by atoms with Crippen LogP contribution in [0.1, 0.15) is 26.3 Å². The van der Waals surface area contributed by atoms with Gasteiger partial charge >= 0.3 is 0 Å². The molecule has 0 spiro atoms. The summed E-state index contributed by atoms with van der Waals surface area (Å²) in [6.45, 7) is 7.81. The van der Waals surface area contributed by atoms with Crippen LogP contribution < -0.4 is 10.6 Å². The van der Waals surface area contributed by atoms with E-state index < -0.39 is 0 Å². The Morgan fingerprint density at radius 2 is 2.18 bits per heavy atom. The lowest BCUT2D eigenvalue weighted by Crippen LogP contribution is -2.35. The quantitative estimate of drug-likeness (QED) is 0.843. The molecule has 2 N–H and O–H groups in total. The van der Waals surface area contributed by atoms with Crippen LogP contribution in [-0.4, -0.2) is 25.4 Å². The highest BCUT2D eigenvalue weighted by Gasteiger charge is 2.20. The molecule has 0 saturated heterocycles. The van der Waals surface area contributed by atoms with Gasteiger partial charge in [0.25, 0.3) is 0 Å². The van der Waals surface area contributed by atoms with Crippen molar-refractivity contribution in [1.29, 1.82) is 0 Å². The number of hydrogen-bond acceptors (Lipinski definition) is 3. The molecule has 1 atom stereocenters. The van der Waals surface area contributed by atoms with Gasteiger partial charge in [-0.3, -0.25) is 0 Å². The molecular weight excluding hydrogens is 228 g/mol. The lowest BCUT2D eigenvalue weighted by molar-refractivity contribution is 0.588. The molecule has 1 aliphatic rings. The van der Waals surface area contributed by atoms with E-state index in [1.54, 1.807) is 0 Å². The van der Waals surface area contributed by atoms with Gasteiger partial charge in [-0.2, -0.15) is 0 Å². The van der Waals surface area contributed by atoms with Gasteiger partial charge < -0.3 is 10.6 Å². The Labute approximate surface area is 109 Å². The van der Waals surface area contributed by atoms with Crippen molar-refractivity contribution in [3.8, 4) is 0 Å². The van der Waals surface area contributed by atoms with Crippen molar-refractivity contribution in [2.45, 2.75) is 37.1 Å². The maximum atomic E-state index is 3.59. The molecule has 0 aromatic heterocycles. The zero-order valence-electron chi connectivity index (χ0n) is 11.1. The fourth-order valence-electron chi connectivity index (χ4n) is 2.04. The minimum Gasteiger partial charge on any atom is -0.379 e. The third-order valence-corrected chi connectivity index (χ3v) is 4.32. The first kappa shape index (κ1) is 12.8. The van der Waals surface area contributed by atoms with Crippen LogP contribution in [-0.2, 0) is 5.41 Å². The molecule has 0 aliphatic carbocycles. The minimum absolute atomic E-state index is 0.234. The molecule has 0 fully saturated rings. The maximum Gasteiger partial charge on any atom is 0.0481 e. The van der Waals surface area contributed by atoms with Gasteiger partial charge in [0, 0.05) is 28.9 Å². The number of anilines is 1. The number of thioether (sulfide) groups is 1. The fourth-order valence-corrected chi connectivity index (χ4v) is 3.11. The molecule has 1 aromatic carbocycles. The van der Waals surface area contributed by atoms with Crippen molar-refractivity contribution in [3.63, 3.8) is 0 Å². The second kappa shape index (κ2) is 4.91. The van der Waals surface area contributed by atoms with E-state index in [1.807, 2.05) is 18.8 Å². The third kappa shape index (κ3) is 2.96. The van der Waals surface area contributed by atoms with Gasteiger partial charge in [-0.1, -0.05) is 26.8 Å². The second-order valence-electron chi connectivity index (χ2n) is 5.67. The van der Waals surface area contributed by atoms with Crippen LogP contribution >= 0.6 is 11.8 Å². The van der Waals surface area contributed by atoms with Gasteiger partial charge in [-0.15, -0.1) is 11.8 Å². The topological polar surface area (TPSA) is 24.1 Å². The van der Waals surface area contributed by atoms with Gasteiger partial charge in [0.2, 0.25) is 0 Å². The first-order chi connectivity index (χ1) is 8.00. The standard InChI is InChI=1S/C14H22N2S/c1-14(2,3)10-5-6-12-13(7-10)17-9-11(16-12)8-15-4/h5-7,11,15-16H,8-9H2,1-4H3. The van der Waals surface area contributed by atoms with Crippen molar-refractivity contribution in [2.24, 2.45) is 0 Å². The summed E-state index contributed by atoms with van der Waals surface area (Å²) in [4.78, 5) is 1.39. The average Bonchev–Trinajstić information content (AvgIpc) is 2.27. The van der Waals surface area contributed by atoms with Crippen LogP contribution in [0.4, 0.5) is 5.69 Å². The number of nitrogens with one attached hydrogen (secondary N) is 2. The minimum atomic E-state index is 0.234. The summed E-state index contributed by atoms with van der Waals surface area (Å²) in [5, 5.41) is 6.82. The smallest absolute Gasteiger partial charge is 0.0481 e. The van der Waals surface area contributed by atoms with Crippen LogP contribution in [0.15, 0.2) is 23.1 Å². The fraction of sp³-hybridized carbons (Fsp3) is 0.571. The second-order valence-corrected chi connectivity index (χ2v) is 6.73. The summed E-state index contributed by atoms with van der Waals surface area (Å²) in [6, 6.07) is 7.35. The lowest BCUT2D eigenvalue weighted by Gasteiger charge is -2.28. The molecule has 0 radical (unpaired) electrons. The number of likely N-dealkylation sites (N-methyl/N-ethyl adjacent to an activating group) is 1. The Morgan fingerprint density at radius 3 is 2.82 bits per heavy atom. The van der Waals surface area contributed by atoms with E-state index in [2.05, 4.69) is 49.6 Å². The Balaban J connectivity index is 2.20. The zero-order valence-corrected chi connectivity index (χ0v) is 11.9. The summed E-state index contributed by atoms with van der Waals surface area (Å²) in [6.07, 6.45) is 0. The van der Waals surface area contributed by atoms with Crippen LogP contribution in [0.25, 0.3) is 0 Å². The largest absolute Gasteiger partial charge is 0.379 e. The first-order valence-electron chi connectivity index (χ1n) is 6.19. The highest BCUT2D eigenvalue weighted by atomic mass is 32.2.